The van der Waals surface area contributed by atoms with E-state index >= 15 is 0 Å². The molecule has 2 aromatic rings. The molecule has 9 heteroatoms. The Morgan fingerprint density at radius 1 is 1.00 bits per heavy atom. The number of nitrogens with one attached hydrogen (secondary N) is 2. The fourth-order valence-electron chi connectivity index (χ4n) is 3.65. The molecule has 1 heterocycles. The number of urea groups is 1. The van der Waals surface area contributed by atoms with E-state index in [1.54, 1.807) is 39.5 Å². The first-order chi connectivity index (χ1) is 14.9. The number of carbonyl (C=O) groups excluding carboxylic acids is 1. The van der Waals surface area contributed by atoms with E-state index in [1.807, 2.05) is 12.1 Å². The first-order valence-corrected chi connectivity index (χ1v) is 10.7. The van der Waals surface area contributed by atoms with Gasteiger partial charge in [0.05, 0.1) is 31.4 Å². The van der Waals surface area contributed by atoms with Crippen molar-refractivity contribution in [1.29, 1.82) is 0 Å². The Morgan fingerprint density at radius 3 is 2.19 bits per heavy atom. The third-order valence-corrected chi connectivity index (χ3v) is 5.97. The maximum absolute atomic E-state index is 12.3. The number of anilines is 1. The SMILES string of the molecule is COc1cc(CN2CCC(NC(=O)Nc3ccc(Cl)c(Cl)c3)CC2)cc(OC)c1OC. The summed E-state index contributed by atoms with van der Waals surface area (Å²) in [6.45, 7) is 2.50. The Hall–Kier alpha value is -2.35. The summed E-state index contributed by atoms with van der Waals surface area (Å²) >= 11 is 11.9. The smallest absolute Gasteiger partial charge is 0.319 e. The number of benzene rings is 2. The Labute approximate surface area is 192 Å². The summed E-state index contributed by atoms with van der Waals surface area (Å²) in [7, 11) is 4.82. The zero-order chi connectivity index (χ0) is 22.4. The lowest BCUT2D eigenvalue weighted by molar-refractivity contribution is 0.189. The molecule has 2 amide bonds. The van der Waals surface area contributed by atoms with Gasteiger partial charge in [0.1, 0.15) is 0 Å². The van der Waals surface area contributed by atoms with Gasteiger partial charge in [-0.15, -0.1) is 0 Å². The van der Waals surface area contributed by atoms with E-state index in [0.29, 0.717) is 33.0 Å². The van der Waals surface area contributed by atoms with Crippen LogP contribution in [0, 0.1) is 0 Å². The maximum atomic E-state index is 12.3. The van der Waals surface area contributed by atoms with Gasteiger partial charge in [0.2, 0.25) is 5.75 Å². The topological polar surface area (TPSA) is 72.1 Å². The number of carbonyl (C=O) groups is 1. The van der Waals surface area contributed by atoms with Gasteiger partial charge in [-0.05, 0) is 48.7 Å². The number of ether oxygens (including phenoxy) is 3. The Kier molecular flexibility index (Phi) is 8.12. The van der Waals surface area contributed by atoms with Crippen molar-refractivity contribution < 1.29 is 19.0 Å². The van der Waals surface area contributed by atoms with E-state index in [4.69, 9.17) is 37.4 Å². The lowest BCUT2D eigenvalue weighted by Crippen LogP contribution is -2.45. The molecule has 0 saturated carbocycles. The van der Waals surface area contributed by atoms with E-state index in [9.17, 15) is 4.79 Å². The van der Waals surface area contributed by atoms with E-state index in [2.05, 4.69) is 15.5 Å². The number of amides is 2. The number of likely N-dealkylation sites (tertiary alicyclic amines) is 1. The van der Waals surface area contributed by atoms with Crippen molar-refractivity contribution in [3.63, 3.8) is 0 Å². The predicted octanol–water partition coefficient (Wildman–Crippen LogP) is 4.81. The fourth-order valence-corrected chi connectivity index (χ4v) is 3.94. The van der Waals surface area contributed by atoms with Gasteiger partial charge in [-0.1, -0.05) is 23.2 Å². The van der Waals surface area contributed by atoms with E-state index < -0.39 is 0 Å². The van der Waals surface area contributed by atoms with Crippen molar-refractivity contribution in [2.75, 3.05) is 39.7 Å². The molecule has 1 aliphatic heterocycles. The molecular formula is C22H27Cl2N3O4. The highest BCUT2D eigenvalue weighted by Gasteiger charge is 2.22. The normalized spacial score (nSPS) is 14.7. The highest BCUT2D eigenvalue weighted by molar-refractivity contribution is 6.42. The molecule has 2 N–H and O–H groups in total. The van der Waals surface area contributed by atoms with E-state index in [0.717, 1.165) is 38.0 Å². The van der Waals surface area contributed by atoms with Crippen LogP contribution in [0.4, 0.5) is 10.5 Å². The van der Waals surface area contributed by atoms with Gasteiger partial charge in [-0.25, -0.2) is 4.79 Å². The van der Waals surface area contributed by atoms with Gasteiger partial charge >= 0.3 is 6.03 Å². The third-order valence-electron chi connectivity index (χ3n) is 5.23. The zero-order valence-corrected chi connectivity index (χ0v) is 19.3. The van der Waals surface area contributed by atoms with Gasteiger partial charge in [0.25, 0.3) is 0 Å². The highest BCUT2D eigenvalue weighted by Crippen LogP contribution is 2.38. The molecule has 2 aromatic carbocycles. The standard InChI is InChI=1S/C22H27Cl2N3O4/c1-29-19-10-14(11-20(30-2)21(19)31-3)13-27-8-6-15(7-9-27)25-22(28)26-16-4-5-17(23)18(24)12-16/h4-5,10-12,15H,6-9,13H2,1-3H3,(H2,25,26,28). The first kappa shape index (κ1) is 23.3. The molecule has 1 saturated heterocycles. The van der Waals surface area contributed by atoms with Crippen LogP contribution in [0.5, 0.6) is 17.2 Å². The van der Waals surface area contributed by atoms with Crippen molar-refractivity contribution >= 4 is 34.9 Å². The molecular weight excluding hydrogens is 441 g/mol. The second-order valence-corrected chi connectivity index (χ2v) is 8.13. The van der Waals surface area contributed by atoms with Crippen LogP contribution in [0.2, 0.25) is 10.0 Å². The maximum Gasteiger partial charge on any atom is 0.319 e. The van der Waals surface area contributed by atoms with Crippen molar-refractivity contribution in [1.82, 2.24) is 10.2 Å². The lowest BCUT2D eigenvalue weighted by Gasteiger charge is -2.32. The summed E-state index contributed by atoms with van der Waals surface area (Å²) in [6, 6.07) is 8.80. The van der Waals surface area contributed by atoms with Crippen LogP contribution in [-0.4, -0.2) is 51.4 Å². The number of nitrogens with zero attached hydrogens (tertiary/aromatic N) is 1. The van der Waals surface area contributed by atoms with Crippen LogP contribution >= 0.6 is 23.2 Å². The van der Waals surface area contributed by atoms with Crippen molar-refractivity contribution in [3.05, 3.63) is 45.9 Å². The van der Waals surface area contributed by atoms with Crippen molar-refractivity contribution in [2.45, 2.75) is 25.4 Å². The molecule has 31 heavy (non-hydrogen) atoms. The van der Waals surface area contributed by atoms with E-state index in [-0.39, 0.29) is 12.1 Å². The molecule has 0 bridgehead atoms. The second kappa shape index (κ2) is 10.8. The van der Waals surface area contributed by atoms with Crippen LogP contribution in [0.15, 0.2) is 30.3 Å². The van der Waals surface area contributed by atoms with E-state index in [1.165, 1.54) is 0 Å². The predicted molar refractivity (Wildman–Crippen MR) is 123 cm³/mol. The van der Waals surface area contributed by atoms with Gasteiger partial charge in [-0.2, -0.15) is 0 Å². The summed E-state index contributed by atoms with van der Waals surface area (Å²) in [4.78, 5) is 14.6. The van der Waals surface area contributed by atoms with Gasteiger partial charge in [0, 0.05) is 31.4 Å². The van der Waals surface area contributed by atoms with Gasteiger partial charge < -0.3 is 24.8 Å². The summed E-state index contributed by atoms with van der Waals surface area (Å²) < 4.78 is 16.3. The third kappa shape index (κ3) is 6.09. The van der Waals surface area contributed by atoms with Crippen LogP contribution in [-0.2, 0) is 6.54 Å². The van der Waals surface area contributed by atoms with Gasteiger partial charge in [-0.3, -0.25) is 4.90 Å². The van der Waals surface area contributed by atoms with Crippen LogP contribution in [0.3, 0.4) is 0 Å². The Morgan fingerprint density at radius 2 is 1.65 bits per heavy atom. The average molecular weight is 468 g/mol. The molecule has 0 aromatic heterocycles. The largest absolute Gasteiger partial charge is 0.493 e. The molecule has 0 atom stereocenters. The number of rotatable bonds is 7. The number of hydrogen-bond acceptors (Lipinski definition) is 5. The number of halogens is 2. The first-order valence-electron chi connectivity index (χ1n) is 9.97. The monoisotopic (exact) mass is 467 g/mol. The molecule has 7 nitrogen and oxygen atoms in total. The molecule has 0 aliphatic carbocycles. The minimum Gasteiger partial charge on any atom is -0.493 e. The lowest BCUT2D eigenvalue weighted by atomic mass is 10.0. The molecule has 168 valence electrons. The summed E-state index contributed by atoms with van der Waals surface area (Å²) in [6.07, 6.45) is 1.72. The Balaban J connectivity index is 1.51. The quantitative estimate of drug-likeness (QED) is 0.611. The molecule has 0 unspecified atom stereocenters. The number of hydrogen-bond donors (Lipinski definition) is 2. The minimum absolute atomic E-state index is 0.110. The van der Waals surface area contributed by atoms with Gasteiger partial charge in [0.15, 0.2) is 11.5 Å². The molecule has 3 rings (SSSR count). The van der Waals surface area contributed by atoms with Crippen LogP contribution in [0.25, 0.3) is 0 Å². The number of methoxy groups -OCH3 is 3. The second-order valence-electron chi connectivity index (χ2n) is 7.31. The molecule has 1 fully saturated rings. The summed E-state index contributed by atoms with van der Waals surface area (Å²) in [5.41, 5.74) is 1.69. The molecule has 0 radical (unpaired) electrons. The minimum atomic E-state index is -0.249. The molecule has 0 spiro atoms. The zero-order valence-electron chi connectivity index (χ0n) is 17.8. The molecule has 1 aliphatic rings. The average Bonchev–Trinajstić information content (AvgIpc) is 2.76. The Bertz CT molecular complexity index is 893. The fraction of sp³-hybridized carbons (Fsp3) is 0.409. The van der Waals surface area contributed by atoms with Crippen molar-refractivity contribution in [2.24, 2.45) is 0 Å². The highest BCUT2D eigenvalue weighted by atomic mass is 35.5. The summed E-state index contributed by atoms with van der Waals surface area (Å²) in [5.74, 6) is 1.88. The van der Waals surface area contributed by atoms with Crippen LogP contribution < -0.4 is 24.8 Å². The van der Waals surface area contributed by atoms with Crippen molar-refractivity contribution in [3.8, 4) is 17.2 Å². The number of piperidine rings is 1. The van der Waals surface area contributed by atoms with Crippen LogP contribution in [0.1, 0.15) is 18.4 Å². The summed E-state index contributed by atoms with van der Waals surface area (Å²) in [5, 5.41) is 6.68.